The van der Waals surface area contributed by atoms with Crippen LogP contribution in [0.5, 0.6) is 0 Å². The van der Waals surface area contributed by atoms with Crippen LogP contribution in [0.1, 0.15) is 42.4 Å². The monoisotopic (exact) mass is 401 g/mol. The Labute approximate surface area is 174 Å². The van der Waals surface area contributed by atoms with Gasteiger partial charge < -0.3 is 11.1 Å². The van der Waals surface area contributed by atoms with Crippen LogP contribution in [0.2, 0.25) is 0 Å². The summed E-state index contributed by atoms with van der Waals surface area (Å²) in [5.41, 5.74) is 10.6. The van der Waals surface area contributed by atoms with Crippen molar-refractivity contribution in [2.24, 2.45) is 11.7 Å². The van der Waals surface area contributed by atoms with Crippen molar-refractivity contribution in [2.45, 2.75) is 32.6 Å². The molecule has 1 aliphatic rings. The van der Waals surface area contributed by atoms with Crippen LogP contribution in [0, 0.1) is 12.8 Å². The van der Waals surface area contributed by atoms with Gasteiger partial charge in [0.1, 0.15) is 0 Å². The molecule has 4 nitrogen and oxygen atoms in total. The van der Waals surface area contributed by atoms with Gasteiger partial charge in [-0.3, -0.25) is 9.69 Å². The lowest BCUT2D eigenvalue weighted by molar-refractivity contribution is -0.117. The van der Waals surface area contributed by atoms with Crippen molar-refractivity contribution in [3.8, 4) is 0 Å². The van der Waals surface area contributed by atoms with Crippen molar-refractivity contribution < 1.29 is 4.79 Å². The number of anilines is 1. The van der Waals surface area contributed by atoms with Gasteiger partial charge in [-0.25, -0.2) is 0 Å². The predicted octanol–water partition coefficient (Wildman–Crippen LogP) is 4.15. The number of benzene rings is 2. The van der Waals surface area contributed by atoms with Crippen LogP contribution >= 0.6 is 12.4 Å². The molecule has 0 spiro atoms. The third-order valence-electron chi connectivity index (χ3n) is 5.61. The zero-order chi connectivity index (χ0) is 19.4. The van der Waals surface area contributed by atoms with E-state index in [4.69, 9.17) is 5.73 Å². The van der Waals surface area contributed by atoms with Crippen LogP contribution in [-0.4, -0.2) is 37.0 Å². The normalized spacial score (nSPS) is 19.5. The second-order valence-corrected chi connectivity index (χ2v) is 7.95. The first-order valence-corrected chi connectivity index (χ1v) is 9.86. The van der Waals surface area contributed by atoms with E-state index < -0.39 is 0 Å². The highest BCUT2D eigenvalue weighted by molar-refractivity contribution is 5.94. The molecule has 0 saturated carbocycles. The van der Waals surface area contributed by atoms with E-state index in [1.807, 2.05) is 19.1 Å². The molecule has 2 atom stereocenters. The minimum absolute atomic E-state index is 0. The van der Waals surface area contributed by atoms with Crippen molar-refractivity contribution in [1.29, 1.82) is 0 Å². The fraction of sp³-hybridized carbons (Fsp3) is 0.435. The van der Waals surface area contributed by atoms with E-state index in [9.17, 15) is 4.79 Å². The molecule has 1 saturated heterocycles. The van der Waals surface area contributed by atoms with Gasteiger partial charge in [-0.2, -0.15) is 0 Å². The lowest BCUT2D eigenvalue weighted by Gasteiger charge is -2.19. The first kappa shape index (κ1) is 22.4. The summed E-state index contributed by atoms with van der Waals surface area (Å²) >= 11 is 0. The first-order valence-electron chi connectivity index (χ1n) is 9.86. The predicted molar refractivity (Wildman–Crippen MR) is 119 cm³/mol. The molecule has 5 heteroatoms. The molecule has 1 aliphatic heterocycles. The highest BCUT2D eigenvalue weighted by Gasteiger charge is 2.33. The van der Waals surface area contributed by atoms with Gasteiger partial charge in [0, 0.05) is 24.7 Å². The summed E-state index contributed by atoms with van der Waals surface area (Å²) in [6, 6.07) is 16.7. The molecular formula is C23H32ClN3O. The van der Waals surface area contributed by atoms with Crippen LogP contribution < -0.4 is 11.1 Å². The Balaban J connectivity index is 0.00000280. The number of likely N-dealkylation sites (tertiary alicyclic amines) is 1. The molecule has 3 N–H and O–H groups in total. The zero-order valence-electron chi connectivity index (χ0n) is 17.0. The van der Waals surface area contributed by atoms with Crippen LogP contribution in [0.3, 0.4) is 0 Å². The van der Waals surface area contributed by atoms with Crippen LogP contribution in [0.25, 0.3) is 0 Å². The summed E-state index contributed by atoms with van der Waals surface area (Å²) in [6.45, 7) is 9.16. The SMILES string of the molecule is Cc1cccc(C(C)C)c1NC(=O)CN1C[C@@H](CN)[C@H](c2ccccc2)C1.Cl. The molecule has 3 rings (SSSR count). The lowest BCUT2D eigenvalue weighted by atomic mass is 9.89. The number of carbonyl (C=O) groups is 1. The highest BCUT2D eigenvalue weighted by atomic mass is 35.5. The molecule has 2 aromatic carbocycles. The van der Waals surface area contributed by atoms with Crippen LogP contribution in [-0.2, 0) is 4.79 Å². The van der Waals surface area contributed by atoms with Crippen molar-refractivity contribution in [1.82, 2.24) is 4.90 Å². The third kappa shape index (κ3) is 5.13. The number of para-hydroxylation sites is 1. The topological polar surface area (TPSA) is 58.4 Å². The van der Waals surface area contributed by atoms with Gasteiger partial charge in [0.15, 0.2) is 0 Å². The van der Waals surface area contributed by atoms with Crippen molar-refractivity contribution in [2.75, 3.05) is 31.5 Å². The summed E-state index contributed by atoms with van der Waals surface area (Å²) in [4.78, 5) is 15.0. The van der Waals surface area contributed by atoms with E-state index in [0.29, 0.717) is 30.8 Å². The maximum absolute atomic E-state index is 12.7. The minimum atomic E-state index is 0. The molecular weight excluding hydrogens is 370 g/mol. The van der Waals surface area contributed by atoms with E-state index in [-0.39, 0.29) is 18.3 Å². The molecule has 0 unspecified atom stereocenters. The minimum Gasteiger partial charge on any atom is -0.330 e. The van der Waals surface area contributed by atoms with E-state index in [1.165, 1.54) is 11.1 Å². The number of amides is 1. The number of rotatable bonds is 6. The smallest absolute Gasteiger partial charge is 0.238 e. The fourth-order valence-electron chi connectivity index (χ4n) is 4.13. The molecule has 1 fully saturated rings. The molecule has 0 aliphatic carbocycles. The quantitative estimate of drug-likeness (QED) is 0.764. The van der Waals surface area contributed by atoms with Crippen molar-refractivity contribution in [3.63, 3.8) is 0 Å². The maximum atomic E-state index is 12.7. The number of hydrogen-bond acceptors (Lipinski definition) is 3. The maximum Gasteiger partial charge on any atom is 0.238 e. The van der Waals surface area contributed by atoms with Crippen LogP contribution in [0.4, 0.5) is 5.69 Å². The van der Waals surface area contributed by atoms with E-state index in [0.717, 1.165) is 24.3 Å². The molecule has 1 heterocycles. The Morgan fingerprint density at radius 2 is 1.86 bits per heavy atom. The number of nitrogens with zero attached hydrogens (tertiary/aromatic N) is 1. The van der Waals surface area contributed by atoms with Gasteiger partial charge in [-0.1, -0.05) is 62.4 Å². The summed E-state index contributed by atoms with van der Waals surface area (Å²) in [7, 11) is 0. The number of aryl methyl sites for hydroxylation is 1. The molecule has 2 aromatic rings. The second kappa shape index (κ2) is 10.1. The van der Waals surface area contributed by atoms with E-state index >= 15 is 0 Å². The number of carbonyl (C=O) groups excluding carboxylic acids is 1. The second-order valence-electron chi connectivity index (χ2n) is 7.95. The van der Waals surface area contributed by atoms with Gasteiger partial charge in [-0.05, 0) is 42.0 Å². The number of nitrogens with two attached hydrogens (primary N) is 1. The molecule has 0 radical (unpaired) electrons. The number of hydrogen-bond donors (Lipinski definition) is 2. The fourth-order valence-corrected chi connectivity index (χ4v) is 4.13. The summed E-state index contributed by atoms with van der Waals surface area (Å²) < 4.78 is 0. The largest absolute Gasteiger partial charge is 0.330 e. The van der Waals surface area contributed by atoms with Crippen LogP contribution in [0.15, 0.2) is 48.5 Å². The Bertz CT molecular complexity index is 779. The van der Waals surface area contributed by atoms with Gasteiger partial charge in [-0.15, -0.1) is 12.4 Å². The molecule has 0 bridgehead atoms. The van der Waals surface area contributed by atoms with Crippen molar-refractivity contribution >= 4 is 24.0 Å². The van der Waals surface area contributed by atoms with E-state index in [2.05, 4.69) is 60.5 Å². The van der Waals surface area contributed by atoms with Crippen molar-refractivity contribution in [3.05, 3.63) is 65.2 Å². The molecule has 152 valence electrons. The first-order chi connectivity index (χ1) is 13.0. The average Bonchev–Trinajstić information content (AvgIpc) is 3.06. The number of halogens is 1. The standard InChI is InChI=1S/C23H31N3O.ClH/c1-16(2)20-11-7-8-17(3)23(20)25-22(27)15-26-13-19(12-24)21(14-26)18-9-5-4-6-10-18;/h4-11,16,19,21H,12-15,24H2,1-3H3,(H,25,27);1H/t19-,21+;/m1./s1. The van der Waals surface area contributed by atoms with Gasteiger partial charge in [0.05, 0.1) is 6.54 Å². The van der Waals surface area contributed by atoms with Gasteiger partial charge in [0.25, 0.3) is 0 Å². The Hall–Kier alpha value is -1.88. The molecule has 28 heavy (non-hydrogen) atoms. The summed E-state index contributed by atoms with van der Waals surface area (Å²) in [6.07, 6.45) is 0. The van der Waals surface area contributed by atoms with E-state index in [1.54, 1.807) is 0 Å². The summed E-state index contributed by atoms with van der Waals surface area (Å²) in [5.74, 6) is 1.21. The number of nitrogens with one attached hydrogen (secondary N) is 1. The third-order valence-corrected chi connectivity index (χ3v) is 5.61. The van der Waals surface area contributed by atoms with Gasteiger partial charge in [0.2, 0.25) is 5.91 Å². The average molecular weight is 402 g/mol. The summed E-state index contributed by atoms with van der Waals surface area (Å²) in [5, 5.41) is 3.16. The Morgan fingerprint density at radius 1 is 1.14 bits per heavy atom. The molecule has 1 amide bonds. The Morgan fingerprint density at radius 3 is 2.50 bits per heavy atom. The Kier molecular flexibility index (Phi) is 8.05. The molecule has 0 aromatic heterocycles. The lowest BCUT2D eigenvalue weighted by Crippen LogP contribution is -2.32. The van der Waals surface area contributed by atoms with Gasteiger partial charge >= 0.3 is 0 Å². The zero-order valence-corrected chi connectivity index (χ0v) is 17.8. The highest BCUT2D eigenvalue weighted by Crippen LogP contribution is 2.32.